The Morgan fingerprint density at radius 3 is 2.32 bits per heavy atom. The molecule has 0 amide bonds. The first kappa shape index (κ1) is 13.5. The number of nitrogen functional groups attached to an aromatic ring is 1. The van der Waals surface area contributed by atoms with E-state index in [2.05, 4.69) is 10.2 Å². The van der Waals surface area contributed by atoms with Gasteiger partial charge < -0.3 is 5.73 Å². The standard InChI is InChI=1S/C13H14F3N3/c1-6(2)3-8-12(18-19-13(8)17)11-9(15)4-7(14)5-10(11)16/h4-6H,3H2,1-2H3,(H3,17,18,19). The van der Waals surface area contributed by atoms with Crippen LogP contribution in [0.25, 0.3) is 11.3 Å². The minimum absolute atomic E-state index is 0.168. The molecular formula is C13H14F3N3. The first-order chi connectivity index (χ1) is 8.90. The van der Waals surface area contributed by atoms with Crippen LogP contribution in [0.1, 0.15) is 19.4 Å². The largest absolute Gasteiger partial charge is 0.382 e. The first-order valence-corrected chi connectivity index (χ1v) is 5.87. The first-order valence-electron chi connectivity index (χ1n) is 5.87. The fourth-order valence-corrected chi connectivity index (χ4v) is 1.98. The van der Waals surface area contributed by atoms with Crippen molar-refractivity contribution in [1.29, 1.82) is 0 Å². The quantitative estimate of drug-likeness (QED) is 0.898. The van der Waals surface area contributed by atoms with Gasteiger partial charge in [-0.1, -0.05) is 13.8 Å². The van der Waals surface area contributed by atoms with E-state index in [1.54, 1.807) is 0 Å². The maximum absolute atomic E-state index is 13.8. The van der Waals surface area contributed by atoms with Gasteiger partial charge in [-0.05, 0) is 12.3 Å². The Kier molecular flexibility index (Phi) is 3.50. The summed E-state index contributed by atoms with van der Waals surface area (Å²) in [6, 6.07) is 1.27. The Labute approximate surface area is 108 Å². The second-order valence-corrected chi connectivity index (χ2v) is 4.80. The number of anilines is 1. The summed E-state index contributed by atoms with van der Waals surface area (Å²) >= 11 is 0. The molecule has 0 unspecified atom stereocenters. The Balaban J connectivity index is 2.60. The fraction of sp³-hybridized carbons (Fsp3) is 0.308. The van der Waals surface area contributed by atoms with Crippen molar-refractivity contribution in [3.8, 4) is 11.3 Å². The van der Waals surface area contributed by atoms with E-state index in [1.165, 1.54) is 0 Å². The molecule has 0 bridgehead atoms. The number of aromatic nitrogens is 2. The molecular weight excluding hydrogens is 255 g/mol. The summed E-state index contributed by atoms with van der Waals surface area (Å²) in [7, 11) is 0. The molecule has 0 saturated heterocycles. The lowest BCUT2D eigenvalue weighted by molar-refractivity contribution is 0.546. The number of nitrogens with two attached hydrogens (primary N) is 1. The van der Waals surface area contributed by atoms with Crippen LogP contribution >= 0.6 is 0 Å². The highest BCUT2D eigenvalue weighted by molar-refractivity contribution is 5.69. The van der Waals surface area contributed by atoms with Gasteiger partial charge in [0.05, 0.1) is 11.3 Å². The van der Waals surface area contributed by atoms with E-state index < -0.39 is 17.5 Å². The van der Waals surface area contributed by atoms with Gasteiger partial charge in [-0.25, -0.2) is 13.2 Å². The molecule has 1 aromatic carbocycles. The summed E-state index contributed by atoms with van der Waals surface area (Å²) < 4.78 is 40.4. The molecule has 0 aliphatic carbocycles. The molecule has 6 heteroatoms. The Morgan fingerprint density at radius 2 is 1.79 bits per heavy atom. The zero-order chi connectivity index (χ0) is 14.2. The fourth-order valence-electron chi connectivity index (χ4n) is 1.98. The molecule has 0 fully saturated rings. The lowest BCUT2D eigenvalue weighted by Crippen LogP contribution is -2.01. The number of aromatic amines is 1. The van der Waals surface area contributed by atoms with E-state index in [4.69, 9.17) is 5.73 Å². The molecule has 2 rings (SSSR count). The normalized spacial score (nSPS) is 11.3. The van der Waals surface area contributed by atoms with Crippen molar-refractivity contribution in [2.75, 3.05) is 5.73 Å². The van der Waals surface area contributed by atoms with E-state index >= 15 is 0 Å². The number of H-pyrrole nitrogens is 1. The minimum Gasteiger partial charge on any atom is -0.382 e. The van der Waals surface area contributed by atoms with Crippen LogP contribution in [0, 0.1) is 23.4 Å². The van der Waals surface area contributed by atoms with Crippen molar-refractivity contribution in [3.05, 3.63) is 35.1 Å². The molecule has 19 heavy (non-hydrogen) atoms. The summed E-state index contributed by atoms with van der Waals surface area (Å²) in [6.45, 7) is 3.90. The van der Waals surface area contributed by atoms with Crippen LogP contribution in [0.15, 0.2) is 12.1 Å². The predicted octanol–water partition coefficient (Wildman–Crippen LogP) is 3.27. The number of benzene rings is 1. The van der Waals surface area contributed by atoms with Gasteiger partial charge in [0.1, 0.15) is 23.3 Å². The smallest absolute Gasteiger partial charge is 0.149 e. The summed E-state index contributed by atoms with van der Waals surface area (Å²) in [4.78, 5) is 0. The molecule has 0 spiro atoms. The van der Waals surface area contributed by atoms with E-state index in [9.17, 15) is 13.2 Å². The molecule has 102 valence electrons. The molecule has 1 heterocycles. The molecule has 0 radical (unpaired) electrons. The van der Waals surface area contributed by atoms with Crippen molar-refractivity contribution < 1.29 is 13.2 Å². The van der Waals surface area contributed by atoms with Crippen LogP contribution in [-0.2, 0) is 6.42 Å². The van der Waals surface area contributed by atoms with Gasteiger partial charge in [0.15, 0.2) is 0 Å². The highest BCUT2D eigenvalue weighted by atomic mass is 19.1. The van der Waals surface area contributed by atoms with Crippen molar-refractivity contribution >= 4 is 5.82 Å². The molecule has 3 nitrogen and oxygen atoms in total. The van der Waals surface area contributed by atoms with Gasteiger partial charge in [-0.3, -0.25) is 5.10 Å². The van der Waals surface area contributed by atoms with Gasteiger partial charge in [0.2, 0.25) is 0 Å². The topological polar surface area (TPSA) is 54.7 Å². The molecule has 0 atom stereocenters. The van der Waals surface area contributed by atoms with Crippen LogP contribution < -0.4 is 5.73 Å². The number of nitrogens with zero attached hydrogens (tertiary/aromatic N) is 1. The molecule has 2 aromatic rings. The summed E-state index contributed by atoms with van der Waals surface area (Å²) in [5, 5.41) is 6.30. The average Bonchev–Trinajstić information content (AvgIpc) is 2.59. The number of nitrogens with one attached hydrogen (secondary N) is 1. The maximum atomic E-state index is 13.8. The monoisotopic (exact) mass is 269 g/mol. The third-order valence-electron chi connectivity index (χ3n) is 2.77. The second kappa shape index (κ2) is 4.95. The maximum Gasteiger partial charge on any atom is 0.149 e. The van der Waals surface area contributed by atoms with E-state index in [0.717, 1.165) is 0 Å². The highest BCUT2D eigenvalue weighted by Crippen LogP contribution is 2.31. The molecule has 1 aromatic heterocycles. The lowest BCUT2D eigenvalue weighted by atomic mass is 9.98. The van der Waals surface area contributed by atoms with E-state index in [1.807, 2.05) is 13.8 Å². The van der Waals surface area contributed by atoms with Gasteiger partial charge in [-0.15, -0.1) is 0 Å². The predicted molar refractivity (Wildman–Crippen MR) is 66.9 cm³/mol. The molecule has 0 saturated carbocycles. The van der Waals surface area contributed by atoms with Crippen LogP contribution in [0.3, 0.4) is 0 Å². The Morgan fingerprint density at radius 1 is 1.21 bits per heavy atom. The zero-order valence-corrected chi connectivity index (χ0v) is 10.6. The summed E-state index contributed by atoms with van der Waals surface area (Å²) in [5.41, 5.74) is 6.07. The zero-order valence-electron chi connectivity index (χ0n) is 10.6. The van der Waals surface area contributed by atoms with Gasteiger partial charge in [0.25, 0.3) is 0 Å². The SMILES string of the molecule is CC(C)Cc1c(N)n[nH]c1-c1c(F)cc(F)cc1F. The van der Waals surface area contributed by atoms with Crippen molar-refractivity contribution in [2.45, 2.75) is 20.3 Å². The number of halogens is 3. The highest BCUT2D eigenvalue weighted by Gasteiger charge is 2.21. The van der Waals surface area contributed by atoms with Gasteiger partial charge in [-0.2, -0.15) is 5.10 Å². The molecule has 3 N–H and O–H groups in total. The third kappa shape index (κ3) is 2.57. The van der Waals surface area contributed by atoms with E-state index in [-0.39, 0.29) is 23.0 Å². The summed E-state index contributed by atoms with van der Waals surface area (Å²) in [6.07, 6.45) is 0.522. The Bertz CT molecular complexity index is 582. The van der Waals surface area contributed by atoms with Crippen LogP contribution in [-0.4, -0.2) is 10.2 Å². The van der Waals surface area contributed by atoms with Crippen LogP contribution in [0.2, 0.25) is 0 Å². The third-order valence-corrected chi connectivity index (χ3v) is 2.77. The van der Waals surface area contributed by atoms with Crippen molar-refractivity contribution in [3.63, 3.8) is 0 Å². The van der Waals surface area contributed by atoms with Gasteiger partial charge in [0, 0.05) is 17.7 Å². The van der Waals surface area contributed by atoms with Gasteiger partial charge >= 0.3 is 0 Å². The van der Waals surface area contributed by atoms with Crippen LogP contribution in [0.5, 0.6) is 0 Å². The molecule has 0 aliphatic rings. The number of hydrogen-bond acceptors (Lipinski definition) is 2. The van der Waals surface area contributed by atoms with E-state index in [0.29, 0.717) is 24.1 Å². The Hall–Kier alpha value is -1.98. The summed E-state index contributed by atoms with van der Waals surface area (Å²) in [5.74, 6) is -2.48. The molecule has 0 aliphatic heterocycles. The number of hydrogen-bond donors (Lipinski definition) is 2. The van der Waals surface area contributed by atoms with Crippen molar-refractivity contribution in [2.24, 2.45) is 5.92 Å². The van der Waals surface area contributed by atoms with Crippen molar-refractivity contribution in [1.82, 2.24) is 10.2 Å². The average molecular weight is 269 g/mol. The lowest BCUT2D eigenvalue weighted by Gasteiger charge is -2.09. The second-order valence-electron chi connectivity index (χ2n) is 4.80. The number of rotatable bonds is 3. The van der Waals surface area contributed by atoms with Crippen LogP contribution in [0.4, 0.5) is 19.0 Å². The minimum atomic E-state index is -0.980.